The highest BCUT2D eigenvalue weighted by Crippen LogP contribution is 2.41. The van der Waals surface area contributed by atoms with Crippen LogP contribution in [0.15, 0.2) is 0 Å². The number of carbonyl (C=O) groups is 2. The van der Waals surface area contributed by atoms with Crippen LogP contribution in [0.25, 0.3) is 0 Å². The van der Waals surface area contributed by atoms with Crippen molar-refractivity contribution in [3.63, 3.8) is 0 Å². The first-order chi connectivity index (χ1) is 9.33. The topological polar surface area (TPSA) is 101 Å². The molecule has 1 amide bonds. The normalized spacial score (nSPS) is 27.3. The minimum atomic E-state index is -2.94. The summed E-state index contributed by atoms with van der Waals surface area (Å²) in [5.41, 5.74) is -0.911. The minimum absolute atomic E-state index is 0.00179. The van der Waals surface area contributed by atoms with Crippen molar-refractivity contribution in [2.75, 3.05) is 18.1 Å². The molecule has 0 radical (unpaired) electrons. The molecule has 0 aromatic carbocycles. The predicted molar refractivity (Wildman–Crippen MR) is 72.9 cm³/mol. The molecule has 6 nitrogen and oxygen atoms in total. The SMILES string of the molecule is O=C(CC1(C(=O)O)CCCC1)NCC1CCS(=O)(=O)C1. The number of amides is 1. The van der Waals surface area contributed by atoms with Crippen LogP contribution in [0.2, 0.25) is 0 Å². The second-order valence-corrected chi connectivity index (χ2v) is 8.27. The van der Waals surface area contributed by atoms with E-state index in [2.05, 4.69) is 5.32 Å². The Labute approximate surface area is 118 Å². The Morgan fingerprint density at radius 2 is 1.90 bits per heavy atom. The molecule has 7 heteroatoms. The van der Waals surface area contributed by atoms with Crippen LogP contribution in [-0.2, 0) is 19.4 Å². The molecule has 2 aliphatic rings. The van der Waals surface area contributed by atoms with Gasteiger partial charge < -0.3 is 10.4 Å². The van der Waals surface area contributed by atoms with Crippen molar-refractivity contribution >= 4 is 21.7 Å². The highest BCUT2D eigenvalue weighted by Gasteiger charge is 2.43. The van der Waals surface area contributed by atoms with Crippen molar-refractivity contribution < 1.29 is 23.1 Å². The molecule has 2 N–H and O–H groups in total. The molecule has 2 fully saturated rings. The number of sulfone groups is 1. The zero-order valence-corrected chi connectivity index (χ0v) is 12.2. The van der Waals surface area contributed by atoms with Gasteiger partial charge in [-0.2, -0.15) is 0 Å². The Morgan fingerprint density at radius 1 is 1.25 bits per heavy atom. The van der Waals surface area contributed by atoms with Crippen molar-refractivity contribution in [2.24, 2.45) is 11.3 Å². The molecule has 2 rings (SSSR count). The maximum atomic E-state index is 11.9. The van der Waals surface area contributed by atoms with Crippen molar-refractivity contribution in [1.82, 2.24) is 5.32 Å². The van der Waals surface area contributed by atoms with Gasteiger partial charge in [-0.1, -0.05) is 12.8 Å². The van der Waals surface area contributed by atoms with Gasteiger partial charge in [0.2, 0.25) is 5.91 Å². The van der Waals surface area contributed by atoms with Crippen LogP contribution in [-0.4, -0.2) is 43.5 Å². The summed E-state index contributed by atoms with van der Waals surface area (Å²) in [7, 11) is -2.94. The summed E-state index contributed by atoms with van der Waals surface area (Å²) in [5, 5.41) is 12.0. The number of carboxylic acids is 1. The van der Waals surface area contributed by atoms with Gasteiger partial charge in [-0.05, 0) is 25.2 Å². The molecule has 1 saturated heterocycles. The standard InChI is InChI=1S/C13H21NO5S/c15-11(7-13(12(16)17)4-1-2-5-13)14-8-10-3-6-20(18,19)9-10/h10H,1-9H2,(H,14,15)(H,16,17). The molecule has 1 aliphatic heterocycles. The lowest BCUT2D eigenvalue weighted by molar-refractivity contribution is -0.151. The minimum Gasteiger partial charge on any atom is -0.481 e. The van der Waals surface area contributed by atoms with E-state index in [9.17, 15) is 23.1 Å². The average molecular weight is 303 g/mol. The van der Waals surface area contributed by atoms with E-state index in [-0.39, 0.29) is 29.8 Å². The summed E-state index contributed by atoms with van der Waals surface area (Å²) in [6, 6.07) is 0. The molecule has 1 unspecified atom stereocenters. The van der Waals surface area contributed by atoms with Crippen LogP contribution in [0.1, 0.15) is 38.5 Å². The molecule has 1 heterocycles. The highest BCUT2D eigenvalue weighted by atomic mass is 32.2. The fourth-order valence-corrected chi connectivity index (χ4v) is 5.04. The Morgan fingerprint density at radius 3 is 2.40 bits per heavy atom. The van der Waals surface area contributed by atoms with Crippen LogP contribution < -0.4 is 5.32 Å². The summed E-state index contributed by atoms with van der Waals surface area (Å²) >= 11 is 0. The maximum Gasteiger partial charge on any atom is 0.310 e. The quantitative estimate of drug-likeness (QED) is 0.773. The third-order valence-corrected chi connectivity index (χ3v) is 6.26. The molecule has 0 spiro atoms. The number of nitrogens with one attached hydrogen (secondary N) is 1. The lowest BCUT2D eigenvalue weighted by Crippen LogP contribution is -2.37. The Kier molecular flexibility index (Phi) is 4.36. The Balaban J connectivity index is 1.82. The molecule has 1 saturated carbocycles. The van der Waals surface area contributed by atoms with E-state index in [0.717, 1.165) is 12.8 Å². The van der Waals surface area contributed by atoms with E-state index in [0.29, 0.717) is 25.8 Å². The van der Waals surface area contributed by atoms with Gasteiger partial charge in [-0.3, -0.25) is 9.59 Å². The van der Waals surface area contributed by atoms with Crippen molar-refractivity contribution in [1.29, 1.82) is 0 Å². The van der Waals surface area contributed by atoms with E-state index < -0.39 is 21.2 Å². The molecule has 1 atom stereocenters. The van der Waals surface area contributed by atoms with Crippen LogP contribution in [0, 0.1) is 11.3 Å². The van der Waals surface area contributed by atoms with E-state index >= 15 is 0 Å². The molecule has 20 heavy (non-hydrogen) atoms. The second kappa shape index (κ2) is 5.71. The lowest BCUT2D eigenvalue weighted by atomic mass is 9.82. The van der Waals surface area contributed by atoms with Crippen LogP contribution in [0.5, 0.6) is 0 Å². The number of hydrogen-bond donors (Lipinski definition) is 2. The summed E-state index contributed by atoms with van der Waals surface area (Å²) in [5.74, 6) is -0.898. The zero-order valence-electron chi connectivity index (χ0n) is 11.4. The number of rotatable bonds is 5. The van der Waals surface area contributed by atoms with Crippen LogP contribution >= 0.6 is 0 Å². The molecule has 0 bridgehead atoms. The number of carboxylic acid groups (broad SMARTS) is 1. The summed E-state index contributed by atoms with van der Waals surface area (Å²) in [6.45, 7) is 0.327. The van der Waals surface area contributed by atoms with Gasteiger partial charge in [0.1, 0.15) is 0 Å². The van der Waals surface area contributed by atoms with Crippen molar-refractivity contribution in [2.45, 2.75) is 38.5 Å². The molecular formula is C13H21NO5S. The van der Waals surface area contributed by atoms with E-state index in [1.807, 2.05) is 0 Å². The molecule has 114 valence electrons. The molecule has 1 aliphatic carbocycles. The number of hydrogen-bond acceptors (Lipinski definition) is 4. The van der Waals surface area contributed by atoms with Gasteiger partial charge >= 0.3 is 5.97 Å². The molecular weight excluding hydrogens is 282 g/mol. The van der Waals surface area contributed by atoms with Gasteiger partial charge in [0.25, 0.3) is 0 Å². The van der Waals surface area contributed by atoms with Crippen LogP contribution in [0.3, 0.4) is 0 Å². The van der Waals surface area contributed by atoms with Gasteiger partial charge in [0.15, 0.2) is 9.84 Å². The molecule has 0 aromatic heterocycles. The summed E-state index contributed by atoms with van der Waals surface area (Å²) < 4.78 is 22.6. The monoisotopic (exact) mass is 303 g/mol. The maximum absolute atomic E-state index is 11.9. The van der Waals surface area contributed by atoms with E-state index in [1.165, 1.54) is 0 Å². The number of aliphatic carboxylic acids is 1. The first-order valence-electron chi connectivity index (χ1n) is 7.04. The zero-order chi connectivity index (χ0) is 14.8. The smallest absolute Gasteiger partial charge is 0.310 e. The van der Waals surface area contributed by atoms with Gasteiger partial charge in [-0.25, -0.2) is 8.42 Å². The lowest BCUT2D eigenvalue weighted by Gasteiger charge is -2.23. The summed E-state index contributed by atoms with van der Waals surface area (Å²) in [4.78, 5) is 23.2. The first kappa shape index (κ1) is 15.3. The van der Waals surface area contributed by atoms with Gasteiger partial charge in [0.05, 0.1) is 16.9 Å². The first-order valence-corrected chi connectivity index (χ1v) is 8.86. The number of carbonyl (C=O) groups excluding carboxylic acids is 1. The van der Waals surface area contributed by atoms with Gasteiger partial charge in [0, 0.05) is 13.0 Å². The van der Waals surface area contributed by atoms with Crippen LogP contribution in [0.4, 0.5) is 0 Å². The average Bonchev–Trinajstić information content (AvgIpc) is 2.94. The third kappa shape index (κ3) is 3.50. The Hall–Kier alpha value is -1.11. The fraction of sp³-hybridized carbons (Fsp3) is 0.846. The highest BCUT2D eigenvalue weighted by molar-refractivity contribution is 7.91. The second-order valence-electron chi connectivity index (χ2n) is 6.04. The molecule has 0 aromatic rings. The largest absolute Gasteiger partial charge is 0.481 e. The van der Waals surface area contributed by atoms with Crippen molar-refractivity contribution in [3.05, 3.63) is 0 Å². The Bertz CT molecular complexity index is 493. The van der Waals surface area contributed by atoms with E-state index in [1.54, 1.807) is 0 Å². The predicted octanol–water partition coefficient (Wildman–Crippen LogP) is 0.572. The third-order valence-electron chi connectivity index (χ3n) is 4.43. The van der Waals surface area contributed by atoms with Gasteiger partial charge in [-0.15, -0.1) is 0 Å². The summed E-state index contributed by atoms with van der Waals surface area (Å²) in [6.07, 6.45) is 3.37. The van der Waals surface area contributed by atoms with Crippen molar-refractivity contribution in [3.8, 4) is 0 Å². The fourth-order valence-electron chi connectivity index (χ4n) is 3.18. The van der Waals surface area contributed by atoms with E-state index in [4.69, 9.17) is 0 Å².